The minimum absolute atomic E-state index is 0.107. The summed E-state index contributed by atoms with van der Waals surface area (Å²) in [5.41, 5.74) is 7.48. The van der Waals surface area contributed by atoms with Crippen molar-refractivity contribution in [2.45, 2.75) is 103 Å². The number of carbonyl (C=O) groups is 4. The summed E-state index contributed by atoms with van der Waals surface area (Å²) in [5, 5.41) is 5.50. The Morgan fingerprint density at radius 1 is 0.721 bits per heavy atom. The number of hydrogen-bond acceptors (Lipinski definition) is 10. The zero-order valence-corrected chi connectivity index (χ0v) is 35.4. The fourth-order valence-electron chi connectivity index (χ4n) is 10.5. The monoisotopic (exact) mass is 832 g/mol. The molecule has 0 bridgehead atoms. The average Bonchev–Trinajstić information content (AvgIpc) is 3.72. The molecule has 4 aromatic rings. The fourth-order valence-corrected chi connectivity index (χ4v) is 10.5. The van der Waals surface area contributed by atoms with Gasteiger partial charge in [0, 0.05) is 45.5 Å². The van der Waals surface area contributed by atoms with E-state index in [9.17, 15) is 19.2 Å². The van der Waals surface area contributed by atoms with Crippen LogP contribution in [-0.2, 0) is 32.3 Å². The Balaban J connectivity index is 0.892. The number of aromatic nitrogens is 4. The van der Waals surface area contributed by atoms with Gasteiger partial charge < -0.3 is 49.3 Å². The maximum absolute atomic E-state index is 14.1. The highest BCUT2D eigenvalue weighted by Crippen LogP contribution is 2.58. The molecule has 16 nitrogen and oxygen atoms in total. The molecule has 0 radical (unpaired) electrons. The minimum Gasteiger partial charge on any atom is -0.488 e. The zero-order chi connectivity index (χ0) is 42.6. The van der Waals surface area contributed by atoms with E-state index in [1.54, 1.807) is 0 Å². The first-order valence-corrected chi connectivity index (χ1v) is 21.4. The van der Waals surface area contributed by atoms with Crippen molar-refractivity contribution >= 4 is 24.0 Å². The van der Waals surface area contributed by atoms with Gasteiger partial charge in [-0.25, -0.2) is 19.6 Å². The molecule has 10 rings (SSSR count). The molecule has 2 aliphatic carbocycles. The van der Waals surface area contributed by atoms with Crippen molar-refractivity contribution in [3.63, 3.8) is 0 Å². The van der Waals surface area contributed by atoms with Crippen molar-refractivity contribution in [1.82, 2.24) is 40.4 Å². The molecule has 2 saturated carbocycles. The number of alkyl carbamates (subject to hydrolysis) is 2. The first-order chi connectivity index (χ1) is 29.3. The molecule has 16 heteroatoms. The molecule has 4 aliphatic heterocycles. The molecule has 2 aromatic heterocycles. The second kappa shape index (κ2) is 14.5. The number of fused-ring (bicyclic) bond motifs is 2. The lowest BCUT2D eigenvalue weighted by Gasteiger charge is -2.32. The second-order valence-corrected chi connectivity index (χ2v) is 18.2. The number of H-pyrrole nitrogens is 2. The van der Waals surface area contributed by atoms with Crippen molar-refractivity contribution in [2.24, 2.45) is 29.6 Å². The number of imidazole rings is 2. The molecule has 0 spiro atoms. The Morgan fingerprint density at radius 3 is 1.70 bits per heavy atom. The van der Waals surface area contributed by atoms with E-state index in [4.69, 9.17) is 28.9 Å². The molecule has 4 fully saturated rings. The Morgan fingerprint density at radius 2 is 1.21 bits per heavy atom. The van der Waals surface area contributed by atoms with Gasteiger partial charge in [0.1, 0.15) is 48.4 Å². The quantitative estimate of drug-likeness (QED) is 0.142. The van der Waals surface area contributed by atoms with Gasteiger partial charge in [-0.2, -0.15) is 0 Å². The van der Waals surface area contributed by atoms with E-state index in [1.807, 2.05) is 62.0 Å². The van der Waals surface area contributed by atoms with E-state index in [1.165, 1.54) is 14.2 Å². The predicted octanol–water partition coefficient (Wildman–Crippen LogP) is 6.25. The van der Waals surface area contributed by atoms with Crippen LogP contribution >= 0.6 is 0 Å². The maximum atomic E-state index is 14.1. The number of rotatable bonds is 10. The Bertz CT molecular complexity index is 2410. The minimum atomic E-state index is -0.713. The molecule has 2 aromatic carbocycles. The SMILES string of the molecule is COC(=O)N[C@H](C(=O)N1[C@@H]2[C@H](C)[C@@H]2C[C@H]1c1ncc(-c2cc3c4c(c2)OCc2cc(-c5cnc([C@@H]6C[C@H]7C[C@H]7N6C(=O)[C@@H](NC(=O)OC)C(C)C)[nH]5)cc(c2-4)OC3)[nH]1)C(C)C. The first kappa shape index (κ1) is 39.1. The number of amides is 4. The topological polar surface area (TPSA) is 193 Å². The number of hydrogen-bond donors (Lipinski definition) is 4. The summed E-state index contributed by atoms with van der Waals surface area (Å²) >= 11 is 0. The zero-order valence-electron chi connectivity index (χ0n) is 35.4. The average molecular weight is 833 g/mol. The first-order valence-electron chi connectivity index (χ1n) is 21.4. The highest BCUT2D eigenvalue weighted by atomic mass is 16.5. The number of benzene rings is 2. The van der Waals surface area contributed by atoms with Gasteiger partial charge in [0.05, 0.1) is 50.1 Å². The molecule has 320 valence electrons. The van der Waals surface area contributed by atoms with E-state index in [0.717, 1.165) is 81.4 Å². The van der Waals surface area contributed by atoms with Crippen LogP contribution in [0.4, 0.5) is 9.59 Å². The molecule has 0 unspecified atom stereocenters. The number of nitrogens with zero attached hydrogens (tertiary/aromatic N) is 4. The van der Waals surface area contributed by atoms with Gasteiger partial charge >= 0.3 is 12.2 Å². The highest BCUT2D eigenvalue weighted by Gasteiger charge is 2.62. The number of nitrogens with one attached hydrogen (secondary N) is 4. The third kappa shape index (κ3) is 6.47. The Hall–Kier alpha value is -6.06. The number of carbonyl (C=O) groups excluding carboxylic acids is 4. The van der Waals surface area contributed by atoms with Crippen LogP contribution in [0.5, 0.6) is 11.5 Å². The summed E-state index contributed by atoms with van der Waals surface area (Å²) in [6, 6.07) is 6.67. The largest absolute Gasteiger partial charge is 0.488 e. The van der Waals surface area contributed by atoms with Gasteiger partial charge in [-0.3, -0.25) is 9.59 Å². The molecule has 6 heterocycles. The van der Waals surface area contributed by atoms with E-state index in [2.05, 4.69) is 39.7 Å². The molecule has 6 aliphatic rings. The third-order valence-corrected chi connectivity index (χ3v) is 13.9. The van der Waals surface area contributed by atoms with Gasteiger partial charge in [0.15, 0.2) is 0 Å². The maximum Gasteiger partial charge on any atom is 0.407 e. The predicted molar refractivity (Wildman–Crippen MR) is 221 cm³/mol. The number of aromatic amines is 2. The standard InChI is InChI=1S/C45H52N8O8/c1-19(2)37(50-44(56)58-6)42(54)52-30-10-24(30)11-31(52)40-46-15-28(48-40)22-8-25-17-61-34-13-23(9-26-18-60-33(12-22)35(25)36(26)34)29-16-47-41(49-29)32-14-27-21(5)39(27)53(32)43(55)38(20(3)4)51-45(57)59-7/h8-9,12-13,15-16,19-21,24,27,30-32,37-39H,10-11,14,17-18H2,1-7H3,(H,46,48)(H,47,49)(H,50,56)(H,51,57)/t21-,24-,27+,30-,31+,32+,37+,38+,39-/m1/s1. The van der Waals surface area contributed by atoms with Gasteiger partial charge in [-0.15, -0.1) is 0 Å². The van der Waals surface area contributed by atoms with Gasteiger partial charge in [-0.05, 0) is 73.1 Å². The van der Waals surface area contributed by atoms with E-state index >= 15 is 0 Å². The van der Waals surface area contributed by atoms with E-state index in [0.29, 0.717) is 36.8 Å². The van der Waals surface area contributed by atoms with Crippen LogP contribution in [0.25, 0.3) is 33.6 Å². The molecule has 4 amide bonds. The lowest BCUT2D eigenvalue weighted by Crippen LogP contribution is -2.52. The number of likely N-dealkylation sites (tertiary alicyclic amines) is 2. The summed E-state index contributed by atoms with van der Waals surface area (Å²) in [6.45, 7) is 10.5. The summed E-state index contributed by atoms with van der Waals surface area (Å²) in [7, 11) is 2.60. The van der Waals surface area contributed by atoms with Crippen LogP contribution in [0.3, 0.4) is 0 Å². The van der Waals surface area contributed by atoms with Crippen molar-refractivity contribution in [1.29, 1.82) is 0 Å². The Labute approximate surface area is 353 Å². The summed E-state index contributed by atoms with van der Waals surface area (Å²) in [6.07, 6.45) is 4.95. The van der Waals surface area contributed by atoms with Crippen LogP contribution in [0.2, 0.25) is 0 Å². The van der Waals surface area contributed by atoms with Crippen molar-refractivity contribution < 1.29 is 38.1 Å². The third-order valence-electron chi connectivity index (χ3n) is 13.9. The van der Waals surface area contributed by atoms with E-state index < -0.39 is 24.3 Å². The van der Waals surface area contributed by atoms with Crippen molar-refractivity contribution in [2.75, 3.05) is 14.2 Å². The second-order valence-electron chi connectivity index (χ2n) is 18.2. The van der Waals surface area contributed by atoms with Crippen molar-refractivity contribution in [3.05, 3.63) is 59.4 Å². The summed E-state index contributed by atoms with van der Waals surface area (Å²) in [5.74, 6) is 3.68. The molecule has 2 saturated heterocycles. The Kier molecular flexibility index (Phi) is 9.32. The number of piperidine rings is 2. The fraction of sp³-hybridized carbons (Fsp3) is 0.511. The van der Waals surface area contributed by atoms with Crippen LogP contribution in [0.1, 0.15) is 88.7 Å². The summed E-state index contributed by atoms with van der Waals surface area (Å²) < 4.78 is 22.6. The highest BCUT2D eigenvalue weighted by molar-refractivity contribution is 5.90. The number of methoxy groups -OCH3 is 2. The van der Waals surface area contributed by atoms with Crippen LogP contribution in [-0.4, -0.2) is 92.1 Å². The normalized spacial score (nSPS) is 25.8. The smallest absolute Gasteiger partial charge is 0.407 e. The van der Waals surface area contributed by atoms with Crippen LogP contribution in [0, 0.1) is 29.6 Å². The summed E-state index contributed by atoms with van der Waals surface area (Å²) in [4.78, 5) is 72.8. The van der Waals surface area contributed by atoms with Gasteiger partial charge in [0.25, 0.3) is 0 Å². The number of ether oxygens (including phenoxy) is 4. The molecular weight excluding hydrogens is 781 g/mol. The molecule has 9 atom stereocenters. The van der Waals surface area contributed by atoms with Crippen LogP contribution in [0.15, 0.2) is 36.7 Å². The lowest BCUT2D eigenvalue weighted by atomic mass is 9.87. The van der Waals surface area contributed by atoms with Crippen LogP contribution < -0.4 is 20.1 Å². The van der Waals surface area contributed by atoms with Gasteiger partial charge in [0.2, 0.25) is 11.8 Å². The van der Waals surface area contributed by atoms with Crippen molar-refractivity contribution in [3.8, 4) is 45.1 Å². The van der Waals surface area contributed by atoms with Gasteiger partial charge in [-0.1, -0.05) is 34.6 Å². The molecular formula is C45H52N8O8. The molecule has 61 heavy (non-hydrogen) atoms. The molecule has 4 N–H and O–H groups in total. The lowest BCUT2D eigenvalue weighted by molar-refractivity contribution is -0.137. The van der Waals surface area contributed by atoms with E-state index in [-0.39, 0.29) is 47.8 Å².